The van der Waals surface area contributed by atoms with Crippen molar-refractivity contribution < 1.29 is 19.7 Å². The van der Waals surface area contributed by atoms with E-state index in [2.05, 4.69) is 71.7 Å². The minimum Gasteiger partial charge on any atom is -0.478 e. The Balaban J connectivity index is 1.31. The van der Waals surface area contributed by atoms with E-state index >= 15 is 0 Å². The van der Waals surface area contributed by atoms with Crippen LogP contribution in [0.15, 0.2) is 41.5 Å². The quantitative estimate of drug-likeness (QED) is 0.252. The van der Waals surface area contributed by atoms with Gasteiger partial charge in [-0.1, -0.05) is 39.0 Å². The Morgan fingerprint density at radius 1 is 1.07 bits per heavy atom. The number of aliphatic carboxylic acids is 1. The van der Waals surface area contributed by atoms with Crippen LogP contribution in [0.5, 0.6) is 0 Å². The Morgan fingerprint density at radius 3 is 2.53 bits per heavy atom. The van der Waals surface area contributed by atoms with Crippen molar-refractivity contribution in [2.75, 3.05) is 0 Å². The van der Waals surface area contributed by atoms with Crippen LogP contribution < -0.4 is 0 Å². The zero-order chi connectivity index (χ0) is 30.9. The Labute approximate surface area is 256 Å². The van der Waals surface area contributed by atoms with Gasteiger partial charge in [-0.25, -0.2) is 4.79 Å². The van der Waals surface area contributed by atoms with Gasteiger partial charge in [0.15, 0.2) is 0 Å². The Morgan fingerprint density at radius 2 is 1.81 bits per heavy atom. The van der Waals surface area contributed by atoms with E-state index in [-0.39, 0.29) is 22.0 Å². The lowest BCUT2D eigenvalue weighted by Gasteiger charge is -2.64. The molecule has 1 aromatic carbocycles. The summed E-state index contributed by atoms with van der Waals surface area (Å²) in [5.74, 6) is -0.0422. The summed E-state index contributed by atoms with van der Waals surface area (Å²) in [5.41, 5.74) is 9.42. The summed E-state index contributed by atoms with van der Waals surface area (Å²) >= 11 is 0. The average molecular weight is 584 g/mol. The van der Waals surface area contributed by atoms with Crippen LogP contribution in [-0.4, -0.2) is 38.5 Å². The monoisotopic (exact) mass is 583 g/mol. The number of aromatic nitrogens is 1. The van der Waals surface area contributed by atoms with Crippen LogP contribution in [0.25, 0.3) is 16.5 Å². The number of carboxylic acids is 1. The predicted molar refractivity (Wildman–Crippen MR) is 172 cm³/mol. The van der Waals surface area contributed by atoms with E-state index in [1.165, 1.54) is 44.4 Å². The fourth-order valence-corrected chi connectivity index (χ4v) is 10.8. The number of benzene rings is 1. The number of fused-ring (bicyclic) bond motifs is 9. The first kappa shape index (κ1) is 29.1. The molecule has 5 nitrogen and oxygen atoms in total. The number of ether oxygens (including phenoxy) is 1. The van der Waals surface area contributed by atoms with E-state index in [0.717, 1.165) is 44.9 Å². The average Bonchev–Trinajstić information content (AvgIpc) is 3.54. The first-order valence-corrected chi connectivity index (χ1v) is 16.4. The molecular weight excluding hydrogens is 534 g/mol. The summed E-state index contributed by atoms with van der Waals surface area (Å²) in [6, 6.07) is 4.94. The van der Waals surface area contributed by atoms with Crippen LogP contribution >= 0.6 is 0 Å². The number of aliphatic hydroxyl groups excluding tert-OH is 1. The molecular formula is C38H49NO4. The first-order valence-electron chi connectivity index (χ1n) is 16.4. The summed E-state index contributed by atoms with van der Waals surface area (Å²) in [4.78, 5) is 15.4. The van der Waals surface area contributed by atoms with Crippen LogP contribution in [0, 0.1) is 22.7 Å². The molecule has 2 fully saturated rings. The molecule has 230 valence electrons. The molecule has 2 heterocycles. The molecule has 0 saturated heterocycles. The number of rotatable bonds is 3. The van der Waals surface area contributed by atoms with Crippen molar-refractivity contribution in [3.05, 3.63) is 63.9 Å². The maximum absolute atomic E-state index is 11.4. The van der Waals surface area contributed by atoms with E-state index in [9.17, 15) is 15.0 Å². The van der Waals surface area contributed by atoms with Crippen LogP contribution in [-0.2, 0) is 27.8 Å². The van der Waals surface area contributed by atoms with Gasteiger partial charge in [0.25, 0.3) is 0 Å². The van der Waals surface area contributed by atoms with E-state index in [1.807, 2.05) is 6.08 Å². The second kappa shape index (κ2) is 8.97. The Hall–Kier alpha value is -2.63. The number of hydrogen-bond donors (Lipinski definition) is 3. The second-order valence-electron chi connectivity index (χ2n) is 16.3. The Kier molecular flexibility index (Phi) is 6.07. The molecule has 0 unspecified atom stereocenters. The van der Waals surface area contributed by atoms with Gasteiger partial charge >= 0.3 is 5.97 Å². The molecule has 0 radical (unpaired) electrons. The van der Waals surface area contributed by atoms with Crippen LogP contribution in [0.2, 0.25) is 0 Å². The lowest BCUT2D eigenvalue weighted by Crippen LogP contribution is -2.61. The highest BCUT2D eigenvalue weighted by molar-refractivity contribution is 5.93. The second-order valence-corrected chi connectivity index (χ2v) is 16.3. The number of aromatic amines is 1. The molecule has 6 atom stereocenters. The number of carboxylic acid groups (broad SMARTS) is 1. The van der Waals surface area contributed by atoms with Gasteiger partial charge in [0.1, 0.15) is 0 Å². The molecule has 0 spiro atoms. The largest absolute Gasteiger partial charge is 0.478 e. The fourth-order valence-electron chi connectivity index (χ4n) is 10.8. The Bertz CT molecular complexity index is 1650. The van der Waals surface area contributed by atoms with Gasteiger partial charge in [0, 0.05) is 39.4 Å². The number of aliphatic hydroxyl groups is 1. The van der Waals surface area contributed by atoms with Gasteiger partial charge < -0.3 is 19.9 Å². The highest BCUT2D eigenvalue weighted by Gasteiger charge is 2.66. The van der Waals surface area contributed by atoms with E-state index in [4.69, 9.17) is 4.74 Å². The highest BCUT2D eigenvalue weighted by Crippen LogP contribution is 2.70. The molecule has 0 bridgehead atoms. The fraction of sp³-hybridized carbons (Fsp3) is 0.605. The molecule has 3 N–H and O–H groups in total. The van der Waals surface area contributed by atoms with Gasteiger partial charge in [-0.2, -0.15) is 0 Å². The number of hydrogen-bond acceptors (Lipinski definition) is 3. The maximum atomic E-state index is 11.4. The van der Waals surface area contributed by atoms with E-state index in [0.29, 0.717) is 17.4 Å². The molecule has 2 saturated carbocycles. The van der Waals surface area contributed by atoms with Gasteiger partial charge in [0.05, 0.1) is 17.3 Å². The minimum absolute atomic E-state index is 0.000891. The first-order chi connectivity index (χ1) is 20.0. The third kappa shape index (κ3) is 3.86. The van der Waals surface area contributed by atoms with Crippen molar-refractivity contribution in [3.63, 3.8) is 0 Å². The smallest absolute Gasteiger partial charge is 0.331 e. The zero-order valence-corrected chi connectivity index (χ0v) is 27.3. The zero-order valence-electron chi connectivity index (χ0n) is 27.3. The molecule has 5 heteroatoms. The standard InChI is InChI=1S/C38H49NO4/c1-21(33(41)42)10-9-14-36(6)30-12-11-23-18-26-25-19-24-22(16-28-27(24)20-34(2,3)43-35(28,4)5)17-29(25)39-32(26)38(23,8)37(30,7)15-13-31(36)40/h9-10,14,17,19,23,30-31,39-40H,11-13,15-16,18,20H2,1-8H3,(H,41,42)/b14-9+,21-10+/t23-,30-,31-,36-,37-,38+/m0/s1. The number of carbonyl (C=O) groups is 1. The molecule has 1 aromatic heterocycles. The van der Waals surface area contributed by atoms with Crippen molar-refractivity contribution in [2.24, 2.45) is 22.7 Å². The highest BCUT2D eigenvalue weighted by atomic mass is 16.5. The van der Waals surface area contributed by atoms with Crippen molar-refractivity contribution in [2.45, 2.75) is 123 Å². The van der Waals surface area contributed by atoms with Gasteiger partial charge in [-0.15, -0.1) is 0 Å². The topological polar surface area (TPSA) is 82.5 Å². The molecule has 2 aromatic rings. The molecule has 7 rings (SSSR count). The summed E-state index contributed by atoms with van der Waals surface area (Å²) < 4.78 is 6.55. The number of H-pyrrole nitrogens is 1. The molecule has 1 aliphatic heterocycles. The van der Waals surface area contributed by atoms with Gasteiger partial charge in [0.2, 0.25) is 0 Å². The van der Waals surface area contributed by atoms with Crippen molar-refractivity contribution in [3.8, 4) is 0 Å². The SMILES string of the molecule is C/C(=C\C=C\[C@]1(C)[C@@H](O)CC[C@@]2(C)[C@H]1CC[C@H]1Cc3c([nH]c4cc5c(cc34)C3=C(C5)C(C)(C)OC(C)(C)C3)[C@@]12C)C(=O)O. The summed E-state index contributed by atoms with van der Waals surface area (Å²) in [6.45, 7) is 17.7. The van der Waals surface area contributed by atoms with Crippen molar-refractivity contribution in [1.82, 2.24) is 4.98 Å². The molecule has 5 aliphatic rings. The van der Waals surface area contributed by atoms with Crippen molar-refractivity contribution in [1.29, 1.82) is 0 Å². The summed E-state index contributed by atoms with van der Waals surface area (Å²) in [7, 11) is 0. The van der Waals surface area contributed by atoms with Gasteiger partial charge in [-0.3, -0.25) is 0 Å². The third-order valence-corrected chi connectivity index (χ3v) is 13.1. The molecule has 43 heavy (non-hydrogen) atoms. The summed E-state index contributed by atoms with van der Waals surface area (Å²) in [5, 5.41) is 22.2. The van der Waals surface area contributed by atoms with E-state index < -0.39 is 17.5 Å². The number of nitrogens with one attached hydrogen (secondary N) is 1. The van der Waals surface area contributed by atoms with Crippen LogP contribution in [0.1, 0.15) is 110 Å². The molecule has 4 aliphatic carbocycles. The molecule has 0 amide bonds. The number of allylic oxidation sites excluding steroid dienone is 2. The lowest BCUT2D eigenvalue weighted by atomic mass is 9.40. The van der Waals surface area contributed by atoms with E-state index in [1.54, 1.807) is 13.0 Å². The van der Waals surface area contributed by atoms with Crippen LogP contribution in [0.3, 0.4) is 0 Å². The summed E-state index contributed by atoms with van der Waals surface area (Å²) in [6.07, 6.45) is 12.2. The third-order valence-electron chi connectivity index (χ3n) is 13.1. The maximum Gasteiger partial charge on any atom is 0.331 e. The van der Waals surface area contributed by atoms with Gasteiger partial charge in [-0.05, 0) is 130 Å². The van der Waals surface area contributed by atoms with Crippen LogP contribution in [0.4, 0.5) is 0 Å². The van der Waals surface area contributed by atoms with Crippen molar-refractivity contribution >= 4 is 22.4 Å². The normalized spacial score (nSPS) is 37.7. The predicted octanol–water partition coefficient (Wildman–Crippen LogP) is 8.05. The minimum atomic E-state index is -0.906. The lowest BCUT2D eigenvalue weighted by molar-refractivity contribution is -0.144.